The summed E-state index contributed by atoms with van der Waals surface area (Å²) in [6.45, 7) is 3.95. The number of nitrogens with one attached hydrogen (secondary N) is 3. The molecule has 5 aromatic rings. The number of H-pyrrole nitrogens is 2. The zero-order chi connectivity index (χ0) is 35.6. The van der Waals surface area contributed by atoms with Crippen LogP contribution in [-0.2, 0) is 17.6 Å². The van der Waals surface area contributed by atoms with Crippen molar-refractivity contribution in [2.24, 2.45) is 11.8 Å². The van der Waals surface area contributed by atoms with Crippen LogP contribution in [-0.4, -0.2) is 50.1 Å². The summed E-state index contributed by atoms with van der Waals surface area (Å²) < 4.78 is 16.3. The minimum atomic E-state index is -0.484. The Balaban J connectivity index is 0.000000238. The number of rotatable bonds is 6. The maximum Gasteiger partial charge on any atom is 0.226 e. The van der Waals surface area contributed by atoms with Crippen LogP contribution in [0.25, 0.3) is 32.9 Å². The monoisotopic (exact) mass is 724 g/mol. The molecule has 10 rings (SSSR count). The molecular weight excluding hydrogens is 686 g/mol. The Morgan fingerprint density at radius 3 is 2.57 bits per heavy atom. The summed E-state index contributed by atoms with van der Waals surface area (Å²) in [6.07, 6.45) is 9.40. The van der Waals surface area contributed by atoms with Gasteiger partial charge in [0.2, 0.25) is 5.91 Å². The van der Waals surface area contributed by atoms with Gasteiger partial charge in [0.05, 0.1) is 40.2 Å². The van der Waals surface area contributed by atoms with Crippen LogP contribution in [0.5, 0.6) is 0 Å². The van der Waals surface area contributed by atoms with Gasteiger partial charge in [0.1, 0.15) is 5.52 Å². The average Bonchev–Trinajstić information content (AvgIpc) is 3.71. The fraction of sp³-hybridized carbons (Fsp3) is 0.410. The Kier molecular flexibility index (Phi) is 10.3. The van der Waals surface area contributed by atoms with Crippen molar-refractivity contribution >= 4 is 50.9 Å². The van der Waals surface area contributed by atoms with Crippen LogP contribution < -0.4 is 5.32 Å². The first-order chi connectivity index (χ1) is 24.8. The van der Waals surface area contributed by atoms with E-state index < -0.39 is 5.82 Å². The number of fused-ring (bicyclic) bond motifs is 4. The smallest absolute Gasteiger partial charge is 0.226 e. The molecule has 0 spiro atoms. The Morgan fingerprint density at radius 2 is 1.92 bits per heavy atom. The second-order valence-corrected chi connectivity index (χ2v) is 14.7. The van der Waals surface area contributed by atoms with Crippen molar-refractivity contribution < 1.29 is 9.18 Å². The molecule has 1 atom stereocenters. The number of benzene rings is 2. The second kappa shape index (κ2) is 15.0. The number of hydrogen-bond donors (Lipinski definition) is 3. The third kappa shape index (κ3) is 7.19. The van der Waals surface area contributed by atoms with Crippen molar-refractivity contribution in [1.82, 2.24) is 30.4 Å². The van der Waals surface area contributed by atoms with E-state index in [1.807, 2.05) is 24.0 Å². The SMILES string of the molecule is C1NC2CC1C2.Cc1nc2c(F)c(-c3cccc(Cl)c3Cl)c(CCC#N)cc2c2[nH]c(C3CCCN3C(=O)C3CC3)cc12.N#CCc1ccn[nH]1. The van der Waals surface area contributed by atoms with Gasteiger partial charge in [-0.1, -0.05) is 35.3 Å². The maximum atomic E-state index is 16.3. The molecule has 6 heterocycles. The number of carbonyl (C=O) groups is 1. The number of aryl methyl sites for hydroxylation is 2. The van der Waals surface area contributed by atoms with Crippen LogP contribution >= 0.6 is 23.2 Å². The fourth-order valence-corrected chi connectivity index (χ4v) is 7.93. The molecule has 3 aromatic heterocycles. The summed E-state index contributed by atoms with van der Waals surface area (Å²) >= 11 is 12.8. The molecule has 2 aliphatic carbocycles. The summed E-state index contributed by atoms with van der Waals surface area (Å²) in [5.41, 5.74) is 5.04. The topological polar surface area (TPSA) is 137 Å². The Hall–Kier alpha value is -4.48. The van der Waals surface area contributed by atoms with Gasteiger partial charge in [0.25, 0.3) is 0 Å². The predicted molar refractivity (Wildman–Crippen MR) is 197 cm³/mol. The van der Waals surface area contributed by atoms with Crippen LogP contribution in [0, 0.1) is 47.2 Å². The molecule has 51 heavy (non-hydrogen) atoms. The standard InChI is InChI=1S/C29H25Cl2FN4O.C5H5N3.C5H9N/c1-15-19-14-22(23-8-4-12-36(23)29(37)16-9-10-16)35-27(19)20-13-17(5-3-11-33)24(26(32)28(20)34-15)18-6-2-7-21(30)25(18)31;6-3-1-5-2-4-7-8-5;1-4-2-5(1)6-3-4/h2,6-7,13-14,16,23,35H,3-5,8-10,12H2,1H3;2,4H,1H2,(H,7,8);4-6H,1-3H2. The second-order valence-electron chi connectivity index (χ2n) is 13.9. The van der Waals surface area contributed by atoms with Crippen molar-refractivity contribution in [3.8, 4) is 23.3 Å². The zero-order valence-corrected chi connectivity index (χ0v) is 29.9. The van der Waals surface area contributed by atoms with Gasteiger partial charge in [0.15, 0.2) is 5.82 Å². The maximum absolute atomic E-state index is 16.3. The van der Waals surface area contributed by atoms with Gasteiger partial charge in [-0.25, -0.2) is 9.37 Å². The third-order valence-corrected chi connectivity index (χ3v) is 11.2. The predicted octanol–water partition coefficient (Wildman–Crippen LogP) is 8.51. The molecule has 9 nitrogen and oxygen atoms in total. The quantitative estimate of drug-likeness (QED) is 0.161. The molecule has 12 heteroatoms. The van der Waals surface area contributed by atoms with E-state index >= 15 is 4.39 Å². The molecule has 262 valence electrons. The van der Waals surface area contributed by atoms with E-state index in [1.165, 1.54) is 19.4 Å². The van der Waals surface area contributed by atoms with Gasteiger partial charge < -0.3 is 15.2 Å². The number of amides is 1. The van der Waals surface area contributed by atoms with E-state index in [1.54, 1.807) is 30.5 Å². The molecule has 3 N–H and O–H groups in total. The summed E-state index contributed by atoms with van der Waals surface area (Å²) in [7, 11) is 0. The van der Waals surface area contributed by atoms with Crippen molar-refractivity contribution in [2.75, 3.05) is 13.1 Å². The molecular formula is C39H39Cl2FN8O. The number of aromatic amines is 2. The number of nitrogens with zero attached hydrogens (tertiary/aromatic N) is 5. The molecule has 3 aliphatic heterocycles. The largest absolute Gasteiger partial charge is 0.356 e. The van der Waals surface area contributed by atoms with E-state index in [9.17, 15) is 10.1 Å². The van der Waals surface area contributed by atoms with Gasteiger partial charge in [-0.15, -0.1) is 0 Å². The first-order valence-electron chi connectivity index (χ1n) is 17.6. The van der Waals surface area contributed by atoms with Gasteiger partial charge in [-0.2, -0.15) is 15.6 Å². The summed E-state index contributed by atoms with van der Waals surface area (Å²) in [5, 5.41) is 29.3. The molecule has 3 saturated heterocycles. The molecule has 2 saturated carbocycles. The molecule has 0 radical (unpaired) electrons. The molecule has 5 aliphatic rings. The van der Waals surface area contributed by atoms with Crippen LogP contribution in [0.2, 0.25) is 10.0 Å². The lowest BCUT2D eigenvalue weighted by Crippen LogP contribution is -2.31. The highest BCUT2D eigenvalue weighted by atomic mass is 35.5. The summed E-state index contributed by atoms with van der Waals surface area (Å²) in [4.78, 5) is 23.1. The van der Waals surface area contributed by atoms with E-state index in [0.717, 1.165) is 66.5 Å². The minimum Gasteiger partial charge on any atom is -0.356 e. The fourth-order valence-electron chi connectivity index (χ4n) is 7.54. The van der Waals surface area contributed by atoms with Crippen molar-refractivity contribution in [1.29, 1.82) is 10.5 Å². The highest BCUT2D eigenvalue weighted by Gasteiger charge is 2.39. The number of pyridine rings is 1. The van der Waals surface area contributed by atoms with E-state index in [2.05, 4.69) is 37.6 Å². The van der Waals surface area contributed by atoms with Gasteiger partial charge >= 0.3 is 0 Å². The van der Waals surface area contributed by atoms with Crippen molar-refractivity contribution in [2.45, 2.75) is 76.8 Å². The summed E-state index contributed by atoms with van der Waals surface area (Å²) in [6, 6.07) is 16.0. The lowest BCUT2D eigenvalue weighted by Gasteiger charge is -2.24. The van der Waals surface area contributed by atoms with Crippen LogP contribution in [0.15, 0.2) is 42.6 Å². The highest BCUT2D eigenvalue weighted by Crippen LogP contribution is 2.43. The molecule has 1 unspecified atom stereocenters. The number of nitriles is 2. The first-order valence-corrected chi connectivity index (χ1v) is 18.4. The number of halogens is 3. The number of aromatic nitrogens is 4. The minimum absolute atomic E-state index is 0.0117. The lowest BCUT2D eigenvalue weighted by molar-refractivity contribution is -0.133. The third-order valence-electron chi connectivity index (χ3n) is 10.4. The number of carbonyl (C=O) groups excluding carboxylic acids is 1. The average molecular weight is 726 g/mol. The Labute approximate surface area is 306 Å². The molecule has 1 amide bonds. The van der Waals surface area contributed by atoms with E-state index in [-0.39, 0.29) is 34.8 Å². The Bertz CT molecular complexity index is 2140. The number of likely N-dealkylation sites (tertiary alicyclic amines) is 1. The van der Waals surface area contributed by atoms with Gasteiger partial charge in [-0.3, -0.25) is 9.89 Å². The van der Waals surface area contributed by atoms with Crippen LogP contribution in [0.3, 0.4) is 0 Å². The summed E-state index contributed by atoms with van der Waals surface area (Å²) in [5.74, 6) is 1.01. The molecule has 2 aromatic carbocycles. The van der Waals surface area contributed by atoms with Gasteiger partial charge in [0, 0.05) is 70.1 Å². The first kappa shape index (κ1) is 34.9. The Morgan fingerprint density at radius 1 is 1.10 bits per heavy atom. The van der Waals surface area contributed by atoms with Gasteiger partial charge in [-0.05, 0) is 94.2 Å². The molecule has 2 bridgehead atoms. The van der Waals surface area contributed by atoms with Crippen molar-refractivity contribution in [3.63, 3.8) is 0 Å². The van der Waals surface area contributed by atoms with Crippen LogP contribution in [0.1, 0.15) is 73.6 Å². The molecule has 5 fully saturated rings. The number of hydrogen-bond acceptors (Lipinski definition) is 6. The van der Waals surface area contributed by atoms with Crippen molar-refractivity contribution in [3.05, 3.63) is 81.1 Å². The van der Waals surface area contributed by atoms with Crippen LogP contribution in [0.4, 0.5) is 4.39 Å². The lowest BCUT2D eigenvalue weighted by atomic mass is 9.87. The highest BCUT2D eigenvalue weighted by molar-refractivity contribution is 6.43. The normalized spacial score (nSPS) is 20.2. The van der Waals surface area contributed by atoms with E-state index in [4.69, 9.17) is 28.5 Å². The zero-order valence-electron chi connectivity index (χ0n) is 28.4. The van der Waals surface area contributed by atoms with E-state index in [0.29, 0.717) is 45.6 Å².